The molecule has 0 aliphatic carbocycles. The van der Waals surface area contributed by atoms with Crippen LogP contribution in [0.2, 0.25) is 0 Å². The summed E-state index contributed by atoms with van der Waals surface area (Å²) in [7, 11) is 1.29. The van der Waals surface area contributed by atoms with Gasteiger partial charge in [-0.15, -0.1) is 5.10 Å². The van der Waals surface area contributed by atoms with Gasteiger partial charge in [-0.2, -0.15) is 0 Å². The fraction of sp³-hybridized carbons (Fsp3) is 0.333. The number of methoxy groups -OCH3 is 1. The number of aryl methyl sites for hydroxylation is 2. The average Bonchev–Trinajstić information content (AvgIpc) is 3.36. The highest BCUT2D eigenvalue weighted by Gasteiger charge is 2.12. The highest BCUT2D eigenvalue weighted by molar-refractivity contribution is 5.86. The van der Waals surface area contributed by atoms with E-state index in [9.17, 15) is 4.79 Å². The number of hydrogen-bond donors (Lipinski definition) is 0. The third kappa shape index (κ3) is 4.92. The van der Waals surface area contributed by atoms with Crippen molar-refractivity contribution in [3.8, 4) is 5.75 Å². The molecule has 0 atom stereocenters. The van der Waals surface area contributed by atoms with E-state index in [4.69, 9.17) is 9.15 Å². The molecule has 0 amide bonds. The van der Waals surface area contributed by atoms with E-state index in [0.717, 1.165) is 25.8 Å². The fourth-order valence-corrected chi connectivity index (χ4v) is 2.43. The predicted octanol–water partition coefficient (Wildman–Crippen LogP) is 2.65. The van der Waals surface area contributed by atoms with Gasteiger partial charge in [-0.25, -0.2) is 9.78 Å². The first-order chi connectivity index (χ1) is 12.7. The van der Waals surface area contributed by atoms with Crippen LogP contribution >= 0.6 is 0 Å². The van der Waals surface area contributed by atoms with Gasteiger partial charge in [0.25, 0.3) is 0 Å². The Bertz CT molecular complexity index is 812. The lowest BCUT2D eigenvalue weighted by Gasteiger charge is -2.06. The molecule has 3 rings (SSSR count). The molecular formula is C18H20N4O4. The van der Waals surface area contributed by atoms with Gasteiger partial charge in [0.05, 0.1) is 13.3 Å². The molecule has 8 nitrogen and oxygen atoms in total. The number of hydrogen-bond acceptors (Lipinski definition) is 7. The zero-order valence-corrected chi connectivity index (χ0v) is 14.5. The molecule has 0 unspecified atom stereocenters. The van der Waals surface area contributed by atoms with E-state index in [1.165, 1.54) is 18.9 Å². The highest BCUT2D eigenvalue weighted by Crippen LogP contribution is 2.16. The molecule has 0 fully saturated rings. The van der Waals surface area contributed by atoms with E-state index < -0.39 is 5.97 Å². The first-order valence-electron chi connectivity index (χ1n) is 8.33. The average molecular weight is 356 g/mol. The predicted molar refractivity (Wildman–Crippen MR) is 91.6 cm³/mol. The van der Waals surface area contributed by atoms with Crippen molar-refractivity contribution in [2.75, 3.05) is 7.11 Å². The molecule has 2 heterocycles. The first-order valence-corrected chi connectivity index (χ1v) is 8.33. The van der Waals surface area contributed by atoms with Crippen LogP contribution < -0.4 is 4.74 Å². The Labute approximate surface area is 150 Å². The second kappa shape index (κ2) is 8.80. The summed E-state index contributed by atoms with van der Waals surface area (Å²) in [6.07, 6.45) is 7.94. The van der Waals surface area contributed by atoms with Gasteiger partial charge in [0.1, 0.15) is 12.0 Å². The summed E-state index contributed by atoms with van der Waals surface area (Å²) in [5, 5.41) is 7.73. The van der Waals surface area contributed by atoms with Crippen molar-refractivity contribution in [1.82, 2.24) is 20.0 Å². The van der Waals surface area contributed by atoms with Gasteiger partial charge in [0.2, 0.25) is 5.89 Å². The van der Waals surface area contributed by atoms with Crippen molar-refractivity contribution in [3.63, 3.8) is 0 Å². The molecule has 0 saturated heterocycles. The second-order valence-corrected chi connectivity index (χ2v) is 5.67. The smallest absolute Gasteiger partial charge is 0.360 e. The SMILES string of the molecule is COC(=O)c1coc(COc2ccc(CCCCn3ccnn3)cc2)n1. The van der Waals surface area contributed by atoms with E-state index in [2.05, 4.69) is 20.0 Å². The Morgan fingerprint density at radius 3 is 2.81 bits per heavy atom. The number of benzene rings is 1. The molecule has 26 heavy (non-hydrogen) atoms. The maximum atomic E-state index is 11.3. The third-order valence-corrected chi connectivity index (χ3v) is 3.81. The van der Waals surface area contributed by atoms with Gasteiger partial charge < -0.3 is 13.9 Å². The Morgan fingerprint density at radius 2 is 2.08 bits per heavy atom. The number of carbonyl (C=O) groups is 1. The van der Waals surface area contributed by atoms with E-state index >= 15 is 0 Å². The van der Waals surface area contributed by atoms with Crippen LogP contribution in [0.25, 0.3) is 0 Å². The van der Waals surface area contributed by atoms with Gasteiger partial charge in [-0.05, 0) is 37.0 Å². The molecule has 0 aliphatic rings. The van der Waals surface area contributed by atoms with Gasteiger partial charge >= 0.3 is 5.97 Å². The van der Waals surface area contributed by atoms with Gasteiger partial charge in [-0.3, -0.25) is 4.68 Å². The lowest BCUT2D eigenvalue weighted by Crippen LogP contribution is -2.02. The quantitative estimate of drug-likeness (QED) is 0.430. The van der Waals surface area contributed by atoms with Crippen molar-refractivity contribution in [2.24, 2.45) is 0 Å². The Balaban J connectivity index is 1.41. The van der Waals surface area contributed by atoms with E-state index in [1.807, 2.05) is 35.1 Å². The van der Waals surface area contributed by atoms with Crippen molar-refractivity contribution in [3.05, 3.63) is 60.1 Å². The van der Waals surface area contributed by atoms with Crippen molar-refractivity contribution in [1.29, 1.82) is 0 Å². The Hall–Kier alpha value is -3.16. The molecule has 3 aromatic rings. The second-order valence-electron chi connectivity index (χ2n) is 5.67. The zero-order valence-electron chi connectivity index (χ0n) is 14.5. The van der Waals surface area contributed by atoms with Crippen molar-refractivity contribution < 1.29 is 18.7 Å². The number of nitrogens with zero attached hydrogens (tertiary/aromatic N) is 4. The number of ether oxygens (including phenoxy) is 2. The highest BCUT2D eigenvalue weighted by atomic mass is 16.5. The van der Waals surface area contributed by atoms with Crippen molar-refractivity contribution >= 4 is 5.97 Å². The molecule has 0 N–H and O–H groups in total. The number of oxazole rings is 1. The van der Waals surface area contributed by atoms with E-state index in [0.29, 0.717) is 11.6 Å². The lowest BCUT2D eigenvalue weighted by atomic mass is 10.1. The Morgan fingerprint density at radius 1 is 1.23 bits per heavy atom. The topological polar surface area (TPSA) is 92.3 Å². The van der Waals surface area contributed by atoms with Crippen LogP contribution in [-0.2, 0) is 24.3 Å². The molecule has 8 heteroatoms. The van der Waals surface area contributed by atoms with Crippen LogP contribution in [0.4, 0.5) is 0 Å². The molecule has 0 saturated carbocycles. The van der Waals surface area contributed by atoms with Gasteiger partial charge in [-0.1, -0.05) is 17.3 Å². The van der Waals surface area contributed by atoms with Gasteiger partial charge in [0, 0.05) is 12.7 Å². The summed E-state index contributed by atoms with van der Waals surface area (Å²) >= 11 is 0. The zero-order chi connectivity index (χ0) is 18.2. The summed E-state index contributed by atoms with van der Waals surface area (Å²) in [4.78, 5) is 15.3. The van der Waals surface area contributed by atoms with Crippen LogP contribution in [0, 0.1) is 0 Å². The van der Waals surface area contributed by atoms with Crippen LogP contribution in [0.5, 0.6) is 5.75 Å². The van der Waals surface area contributed by atoms with Gasteiger partial charge in [0.15, 0.2) is 12.3 Å². The normalized spacial score (nSPS) is 10.7. The summed E-state index contributed by atoms with van der Waals surface area (Å²) in [5.74, 6) is 0.505. The minimum absolute atomic E-state index is 0.132. The largest absolute Gasteiger partial charge is 0.484 e. The van der Waals surface area contributed by atoms with Crippen LogP contribution in [0.15, 0.2) is 47.3 Å². The molecule has 0 bridgehead atoms. The summed E-state index contributed by atoms with van der Waals surface area (Å²) in [5.41, 5.74) is 1.38. The Kier molecular flexibility index (Phi) is 5.97. The number of rotatable bonds is 9. The number of unbranched alkanes of at least 4 members (excludes halogenated alkanes) is 1. The molecule has 136 valence electrons. The van der Waals surface area contributed by atoms with E-state index in [1.54, 1.807) is 6.20 Å². The molecule has 2 aromatic heterocycles. The van der Waals surface area contributed by atoms with Crippen molar-refractivity contribution in [2.45, 2.75) is 32.4 Å². The van der Waals surface area contributed by atoms with Crippen LogP contribution in [-0.4, -0.2) is 33.1 Å². The maximum absolute atomic E-state index is 11.3. The molecule has 0 spiro atoms. The number of carbonyl (C=O) groups excluding carboxylic acids is 1. The molecular weight excluding hydrogens is 336 g/mol. The summed E-state index contributed by atoms with van der Waals surface area (Å²) < 4.78 is 17.2. The number of esters is 1. The standard InChI is InChI=1S/C18H20N4O4/c1-24-18(23)16-12-26-17(20-16)13-25-15-7-5-14(6-8-15)4-2-3-10-22-11-9-19-21-22/h5-9,11-12H,2-4,10,13H2,1H3. The van der Waals surface area contributed by atoms with E-state index in [-0.39, 0.29) is 12.3 Å². The molecule has 0 aliphatic heterocycles. The first kappa shape index (κ1) is 17.7. The minimum atomic E-state index is -0.534. The molecule has 0 radical (unpaired) electrons. The summed E-state index contributed by atoms with van der Waals surface area (Å²) in [6, 6.07) is 7.91. The monoisotopic (exact) mass is 356 g/mol. The number of aromatic nitrogens is 4. The minimum Gasteiger partial charge on any atom is -0.484 e. The maximum Gasteiger partial charge on any atom is 0.360 e. The van der Waals surface area contributed by atoms with Crippen LogP contribution in [0.1, 0.15) is 34.8 Å². The third-order valence-electron chi connectivity index (χ3n) is 3.81. The lowest BCUT2D eigenvalue weighted by molar-refractivity contribution is 0.0594. The molecule has 1 aromatic carbocycles. The van der Waals surface area contributed by atoms with Crippen LogP contribution in [0.3, 0.4) is 0 Å². The summed E-state index contributed by atoms with van der Waals surface area (Å²) in [6.45, 7) is 1.03. The fourth-order valence-electron chi connectivity index (χ4n) is 2.43.